The second-order valence-corrected chi connectivity index (χ2v) is 6.97. The Morgan fingerprint density at radius 2 is 2.14 bits per heavy atom. The lowest BCUT2D eigenvalue weighted by Crippen LogP contribution is -2.34. The molecule has 1 aromatic rings. The maximum atomic E-state index is 12.4. The molecule has 1 unspecified atom stereocenters. The average Bonchev–Trinajstić information content (AvgIpc) is 3.21. The molecule has 1 saturated carbocycles. The molecule has 0 radical (unpaired) electrons. The van der Waals surface area contributed by atoms with Gasteiger partial charge < -0.3 is 9.84 Å². The smallest absolute Gasteiger partial charge is 0.307 e. The highest BCUT2D eigenvalue weighted by Gasteiger charge is 2.32. The molecule has 0 spiro atoms. The van der Waals surface area contributed by atoms with Gasteiger partial charge in [0.15, 0.2) is 0 Å². The van der Waals surface area contributed by atoms with Gasteiger partial charge in [-0.15, -0.1) is 0 Å². The highest BCUT2D eigenvalue weighted by Crippen LogP contribution is 2.33. The lowest BCUT2D eigenvalue weighted by molar-refractivity contribution is -0.136. The van der Waals surface area contributed by atoms with Crippen LogP contribution < -0.4 is 9.46 Å². The van der Waals surface area contributed by atoms with Crippen LogP contribution in [-0.4, -0.2) is 32.6 Å². The minimum Gasteiger partial charge on any atom is -0.497 e. The molecule has 7 heteroatoms. The summed E-state index contributed by atoms with van der Waals surface area (Å²) in [4.78, 5) is 10.9. The number of carboxylic acids is 1. The van der Waals surface area contributed by atoms with Crippen molar-refractivity contribution < 1.29 is 23.1 Å². The van der Waals surface area contributed by atoms with E-state index < -0.39 is 16.0 Å². The van der Waals surface area contributed by atoms with Gasteiger partial charge in [-0.3, -0.25) is 4.79 Å². The van der Waals surface area contributed by atoms with Crippen molar-refractivity contribution in [1.82, 2.24) is 4.72 Å². The standard InChI is InChI=1S/C14H19NO5S/c1-9(10-3-4-10)15-21(18,19)13-6-5-12(20-2)7-11(13)8-14(16)17/h5-7,9-10,15H,3-4,8H2,1-2H3,(H,16,17). The van der Waals surface area contributed by atoms with Gasteiger partial charge in [0.1, 0.15) is 5.75 Å². The molecule has 0 bridgehead atoms. The Morgan fingerprint density at radius 3 is 2.67 bits per heavy atom. The molecule has 2 N–H and O–H groups in total. The summed E-state index contributed by atoms with van der Waals surface area (Å²) in [7, 11) is -2.29. The number of methoxy groups -OCH3 is 1. The van der Waals surface area contributed by atoms with Crippen molar-refractivity contribution >= 4 is 16.0 Å². The van der Waals surface area contributed by atoms with Crippen LogP contribution in [0.4, 0.5) is 0 Å². The van der Waals surface area contributed by atoms with Gasteiger partial charge in [0.2, 0.25) is 10.0 Å². The monoisotopic (exact) mass is 313 g/mol. The van der Waals surface area contributed by atoms with E-state index in [1.165, 1.54) is 25.3 Å². The van der Waals surface area contributed by atoms with Gasteiger partial charge in [-0.25, -0.2) is 13.1 Å². The number of rotatable bonds is 7. The van der Waals surface area contributed by atoms with Crippen LogP contribution in [0.3, 0.4) is 0 Å². The molecular formula is C14H19NO5S. The van der Waals surface area contributed by atoms with Crippen molar-refractivity contribution in [2.24, 2.45) is 5.92 Å². The van der Waals surface area contributed by atoms with Crippen LogP contribution >= 0.6 is 0 Å². The van der Waals surface area contributed by atoms with E-state index in [0.29, 0.717) is 11.7 Å². The maximum Gasteiger partial charge on any atom is 0.307 e. The first-order chi connectivity index (χ1) is 9.83. The zero-order valence-corrected chi connectivity index (χ0v) is 12.8. The molecule has 0 amide bonds. The fourth-order valence-electron chi connectivity index (χ4n) is 2.25. The van der Waals surface area contributed by atoms with E-state index in [1.54, 1.807) is 0 Å². The maximum absolute atomic E-state index is 12.4. The average molecular weight is 313 g/mol. The van der Waals surface area contributed by atoms with Gasteiger partial charge in [0.25, 0.3) is 0 Å². The number of carbonyl (C=O) groups is 1. The first kappa shape index (κ1) is 15.8. The van der Waals surface area contributed by atoms with E-state index >= 15 is 0 Å². The van der Waals surface area contributed by atoms with E-state index in [2.05, 4.69) is 4.72 Å². The molecule has 21 heavy (non-hydrogen) atoms. The highest BCUT2D eigenvalue weighted by molar-refractivity contribution is 7.89. The molecule has 0 heterocycles. The van der Waals surface area contributed by atoms with Gasteiger partial charge in [-0.1, -0.05) is 0 Å². The second-order valence-electron chi connectivity index (χ2n) is 5.29. The van der Waals surface area contributed by atoms with Crippen LogP contribution in [0.5, 0.6) is 5.75 Å². The highest BCUT2D eigenvalue weighted by atomic mass is 32.2. The first-order valence-electron chi connectivity index (χ1n) is 6.74. The van der Waals surface area contributed by atoms with E-state index in [9.17, 15) is 13.2 Å². The molecule has 1 atom stereocenters. The molecule has 6 nitrogen and oxygen atoms in total. The van der Waals surface area contributed by atoms with Crippen LogP contribution in [0.15, 0.2) is 23.1 Å². The Balaban J connectivity index is 2.33. The zero-order chi connectivity index (χ0) is 15.6. The summed E-state index contributed by atoms with van der Waals surface area (Å²) in [6.45, 7) is 1.83. The van der Waals surface area contributed by atoms with Crippen LogP contribution in [0.1, 0.15) is 25.3 Å². The predicted molar refractivity (Wildman–Crippen MR) is 76.8 cm³/mol. The van der Waals surface area contributed by atoms with Crippen molar-refractivity contribution in [3.63, 3.8) is 0 Å². The lowest BCUT2D eigenvalue weighted by atomic mass is 10.1. The molecule has 1 aliphatic carbocycles. The number of aliphatic carboxylic acids is 1. The zero-order valence-electron chi connectivity index (χ0n) is 12.0. The summed E-state index contributed by atoms with van der Waals surface area (Å²) in [5.74, 6) is -0.281. The van der Waals surface area contributed by atoms with E-state index in [-0.39, 0.29) is 22.9 Å². The summed E-state index contributed by atoms with van der Waals surface area (Å²) in [5, 5.41) is 8.94. The fraction of sp³-hybridized carbons (Fsp3) is 0.500. The third-order valence-electron chi connectivity index (χ3n) is 3.57. The fourth-order valence-corrected chi connectivity index (χ4v) is 3.78. The van der Waals surface area contributed by atoms with Crippen molar-refractivity contribution in [2.45, 2.75) is 37.1 Å². The Morgan fingerprint density at radius 1 is 1.48 bits per heavy atom. The minimum atomic E-state index is -3.73. The molecule has 0 aromatic heterocycles. The third-order valence-corrected chi connectivity index (χ3v) is 5.23. The quantitative estimate of drug-likeness (QED) is 0.794. The van der Waals surface area contributed by atoms with Crippen molar-refractivity contribution in [1.29, 1.82) is 0 Å². The number of benzene rings is 1. The first-order valence-corrected chi connectivity index (χ1v) is 8.23. The normalized spacial score (nSPS) is 16.5. The Hall–Kier alpha value is -1.60. The van der Waals surface area contributed by atoms with E-state index in [1.807, 2.05) is 6.92 Å². The molecule has 1 aromatic carbocycles. The van der Waals surface area contributed by atoms with Crippen LogP contribution in [0, 0.1) is 5.92 Å². The van der Waals surface area contributed by atoms with E-state index in [4.69, 9.17) is 9.84 Å². The predicted octanol–water partition coefficient (Wildman–Crippen LogP) is 1.40. The van der Waals surface area contributed by atoms with Gasteiger partial charge >= 0.3 is 5.97 Å². The molecule has 0 aliphatic heterocycles. The number of hydrogen-bond acceptors (Lipinski definition) is 4. The van der Waals surface area contributed by atoms with Crippen molar-refractivity contribution in [2.75, 3.05) is 7.11 Å². The lowest BCUT2D eigenvalue weighted by Gasteiger charge is -2.16. The summed E-state index contributed by atoms with van der Waals surface area (Å²) in [6, 6.07) is 4.21. The molecule has 0 saturated heterocycles. The number of ether oxygens (including phenoxy) is 1. The second kappa shape index (κ2) is 6.03. The Labute approximate surface area is 124 Å². The number of hydrogen-bond donors (Lipinski definition) is 2. The molecule has 2 rings (SSSR count). The SMILES string of the molecule is COc1ccc(S(=O)(=O)NC(C)C2CC2)c(CC(=O)O)c1. The summed E-state index contributed by atoms with van der Waals surface area (Å²) in [5.41, 5.74) is 0.220. The van der Waals surface area contributed by atoms with Crippen LogP contribution in [-0.2, 0) is 21.2 Å². The van der Waals surface area contributed by atoms with Crippen molar-refractivity contribution in [3.05, 3.63) is 23.8 Å². The molecule has 116 valence electrons. The Bertz CT molecular complexity index is 637. The van der Waals surface area contributed by atoms with Gasteiger partial charge in [-0.05, 0) is 49.4 Å². The summed E-state index contributed by atoms with van der Waals surface area (Å²) in [6.07, 6.45) is 1.67. The van der Waals surface area contributed by atoms with Crippen LogP contribution in [0.25, 0.3) is 0 Å². The van der Waals surface area contributed by atoms with Gasteiger partial charge in [0, 0.05) is 6.04 Å². The van der Waals surface area contributed by atoms with Crippen molar-refractivity contribution in [3.8, 4) is 5.75 Å². The van der Waals surface area contributed by atoms with Crippen LogP contribution in [0.2, 0.25) is 0 Å². The summed E-state index contributed by atoms with van der Waals surface area (Å²) >= 11 is 0. The number of sulfonamides is 1. The number of nitrogens with one attached hydrogen (secondary N) is 1. The number of carboxylic acid groups (broad SMARTS) is 1. The Kier molecular flexibility index (Phi) is 4.53. The molecular weight excluding hydrogens is 294 g/mol. The largest absolute Gasteiger partial charge is 0.497 e. The van der Waals surface area contributed by atoms with E-state index in [0.717, 1.165) is 12.8 Å². The summed E-state index contributed by atoms with van der Waals surface area (Å²) < 4.78 is 32.5. The minimum absolute atomic E-state index is 0.00167. The van der Waals surface area contributed by atoms with Gasteiger partial charge in [-0.2, -0.15) is 0 Å². The van der Waals surface area contributed by atoms with Gasteiger partial charge in [0.05, 0.1) is 18.4 Å². The third kappa shape index (κ3) is 3.95. The molecule has 1 fully saturated rings. The molecule has 1 aliphatic rings. The topological polar surface area (TPSA) is 92.7 Å².